The summed E-state index contributed by atoms with van der Waals surface area (Å²) in [6.07, 6.45) is 3.67. The van der Waals surface area contributed by atoms with E-state index in [2.05, 4.69) is 15.1 Å². The van der Waals surface area contributed by atoms with Crippen LogP contribution < -0.4 is 0 Å². The second-order valence-electron chi connectivity index (χ2n) is 6.90. The summed E-state index contributed by atoms with van der Waals surface area (Å²) in [5.41, 5.74) is 2.49. The number of hydrogen-bond acceptors (Lipinski definition) is 6. The maximum absolute atomic E-state index is 12.8. The fraction of sp³-hybridized carbons (Fsp3) is 0.200. The van der Waals surface area contributed by atoms with E-state index < -0.39 is 4.92 Å². The van der Waals surface area contributed by atoms with E-state index in [1.165, 1.54) is 10.7 Å². The molecule has 29 heavy (non-hydrogen) atoms. The van der Waals surface area contributed by atoms with E-state index in [0.717, 1.165) is 11.3 Å². The first-order chi connectivity index (χ1) is 13.9. The number of Topliss-reactive ketones (excluding diaryl/α,β-unsaturated/α-hetero) is 1. The van der Waals surface area contributed by atoms with Crippen molar-refractivity contribution in [1.82, 2.24) is 24.1 Å². The van der Waals surface area contributed by atoms with Gasteiger partial charge in [0.05, 0.1) is 35.0 Å². The van der Waals surface area contributed by atoms with E-state index in [1.54, 1.807) is 16.7 Å². The summed E-state index contributed by atoms with van der Waals surface area (Å²) in [6.45, 7) is 3.63. The summed E-state index contributed by atoms with van der Waals surface area (Å²) in [4.78, 5) is 32.2. The summed E-state index contributed by atoms with van der Waals surface area (Å²) in [7, 11) is 0. The smallest absolute Gasteiger partial charge is 0.358 e. The summed E-state index contributed by atoms with van der Waals surface area (Å²) >= 11 is 0. The maximum Gasteiger partial charge on any atom is 0.390 e. The van der Waals surface area contributed by atoms with E-state index in [0.29, 0.717) is 11.5 Å². The molecule has 0 atom stereocenters. The lowest BCUT2D eigenvalue weighted by Gasteiger charge is -2.05. The number of nitrogens with zero attached hydrogens (tertiary/aromatic N) is 6. The van der Waals surface area contributed by atoms with Crippen LogP contribution in [0.4, 0.5) is 5.82 Å². The normalized spacial score (nSPS) is 11.3. The lowest BCUT2D eigenvalue weighted by molar-refractivity contribution is -0.389. The first-order valence-corrected chi connectivity index (χ1v) is 9.09. The van der Waals surface area contributed by atoms with Crippen LogP contribution in [0.2, 0.25) is 0 Å². The van der Waals surface area contributed by atoms with Crippen LogP contribution in [0, 0.1) is 10.1 Å². The van der Waals surface area contributed by atoms with Gasteiger partial charge in [0.2, 0.25) is 5.78 Å². The van der Waals surface area contributed by atoms with Crippen LogP contribution in [0.15, 0.2) is 54.9 Å². The molecule has 0 aliphatic carbocycles. The van der Waals surface area contributed by atoms with Gasteiger partial charge >= 0.3 is 5.82 Å². The SMILES string of the molecule is CC(C)n1nc([N+](=O)[O-])cc1C(=O)Cc1ccn2cc(-c3ccccc3)nc2n1. The van der Waals surface area contributed by atoms with Gasteiger partial charge in [0, 0.05) is 18.0 Å². The average Bonchev–Trinajstić information content (AvgIpc) is 3.33. The van der Waals surface area contributed by atoms with Crippen molar-refractivity contribution in [2.24, 2.45) is 0 Å². The van der Waals surface area contributed by atoms with Gasteiger partial charge in [-0.25, -0.2) is 9.97 Å². The zero-order chi connectivity index (χ0) is 20.5. The minimum Gasteiger partial charge on any atom is -0.358 e. The molecule has 0 radical (unpaired) electrons. The van der Waals surface area contributed by atoms with Crippen LogP contribution in [0.1, 0.15) is 36.1 Å². The summed E-state index contributed by atoms with van der Waals surface area (Å²) in [6, 6.07) is 12.5. The maximum atomic E-state index is 12.8. The Morgan fingerprint density at radius 3 is 2.62 bits per heavy atom. The monoisotopic (exact) mass is 390 g/mol. The highest BCUT2D eigenvalue weighted by molar-refractivity contribution is 5.96. The van der Waals surface area contributed by atoms with Crippen molar-refractivity contribution in [3.05, 3.63) is 76.4 Å². The molecule has 1 aromatic carbocycles. The molecule has 0 aliphatic heterocycles. The van der Waals surface area contributed by atoms with Gasteiger partial charge < -0.3 is 10.1 Å². The third-order valence-corrected chi connectivity index (χ3v) is 4.48. The lowest BCUT2D eigenvalue weighted by Crippen LogP contribution is -2.15. The van der Waals surface area contributed by atoms with Gasteiger partial charge in [-0.1, -0.05) is 30.3 Å². The Labute approximate surface area is 165 Å². The van der Waals surface area contributed by atoms with Gasteiger partial charge in [-0.3, -0.25) is 9.20 Å². The quantitative estimate of drug-likeness (QED) is 0.283. The molecule has 0 N–H and O–H groups in total. The number of carbonyl (C=O) groups is 1. The standard InChI is InChI=1S/C20H18N6O3/c1-13(2)25-17(11-19(23-25)26(28)29)18(27)10-15-8-9-24-12-16(22-20(24)21-15)14-6-4-3-5-7-14/h3-9,11-13H,10H2,1-2H3. The highest BCUT2D eigenvalue weighted by Gasteiger charge is 2.25. The molecule has 9 nitrogen and oxygen atoms in total. The summed E-state index contributed by atoms with van der Waals surface area (Å²) in [5, 5.41) is 14.9. The van der Waals surface area contributed by atoms with E-state index in [1.807, 2.05) is 50.4 Å². The van der Waals surface area contributed by atoms with Crippen molar-refractivity contribution in [1.29, 1.82) is 0 Å². The van der Waals surface area contributed by atoms with E-state index >= 15 is 0 Å². The molecule has 0 unspecified atom stereocenters. The Balaban J connectivity index is 1.63. The van der Waals surface area contributed by atoms with Crippen LogP contribution in [0.25, 0.3) is 17.0 Å². The van der Waals surface area contributed by atoms with E-state index in [9.17, 15) is 14.9 Å². The third-order valence-electron chi connectivity index (χ3n) is 4.48. The van der Waals surface area contributed by atoms with E-state index in [-0.39, 0.29) is 29.8 Å². The molecule has 0 saturated heterocycles. The fourth-order valence-electron chi connectivity index (χ4n) is 3.08. The average molecular weight is 390 g/mol. The first kappa shape index (κ1) is 18.5. The van der Waals surface area contributed by atoms with Gasteiger partial charge in [0.1, 0.15) is 5.69 Å². The topological polar surface area (TPSA) is 108 Å². The second kappa shape index (κ2) is 7.27. The van der Waals surface area contributed by atoms with Crippen molar-refractivity contribution in [3.63, 3.8) is 0 Å². The second-order valence-corrected chi connectivity index (χ2v) is 6.90. The number of imidazole rings is 1. The molecule has 9 heteroatoms. The van der Waals surface area contributed by atoms with Gasteiger partial charge in [0.25, 0.3) is 0 Å². The highest BCUT2D eigenvalue weighted by atomic mass is 16.6. The predicted molar refractivity (Wildman–Crippen MR) is 106 cm³/mol. The molecule has 4 aromatic rings. The van der Waals surface area contributed by atoms with Crippen LogP contribution >= 0.6 is 0 Å². The summed E-state index contributed by atoms with van der Waals surface area (Å²) in [5.74, 6) is -0.144. The van der Waals surface area contributed by atoms with Crippen LogP contribution in [0.5, 0.6) is 0 Å². The molecular weight excluding hydrogens is 372 g/mol. The molecule has 4 rings (SSSR count). The van der Waals surface area contributed by atoms with Gasteiger partial charge in [-0.2, -0.15) is 4.68 Å². The lowest BCUT2D eigenvalue weighted by atomic mass is 10.1. The molecule has 0 fully saturated rings. The Hall–Kier alpha value is -3.88. The Morgan fingerprint density at radius 1 is 1.17 bits per heavy atom. The molecule has 0 spiro atoms. The first-order valence-electron chi connectivity index (χ1n) is 9.09. The number of rotatable bonds is 6. The molecule has 0 amide bonds. The Kier molecular flexibility index (Phi) is 4.63. The number of nitro groups is 1. The van der Waals surface area contributed by atoms with Crippen LogP contribution in [-0.2, 0) is 6.42 Å². The van der Waals surface area contributed by atoms with Crippen molar-refractivity contribution < 1.29 is 9.72 Å². The van der Waals surface area contributed by atoms with Crippen molar-refractivity contribution in [3.8, 4) is 11.3 Å². The van der Waals surface area contributed by atoms with Crippen LogP contribution in [0.3, 0.4) is 0 Å². The molecule has 3 aromatic heterocycles. The number of ketones is 1. The Bertz CT molecular complexity index is 1210. The molecule has 0 bridgehead atoms. The van der Waals surface area contributed by atoms with Crippen LogP contribution in [-0.4, -0.2) is 34.9 Å². The third kappa shape index (κ3) is 3.62. The number of aromatic nitrogens is 5. The van der Waals surface area contributed by atoms with Crippen molar-refractivity contribution in [2.75, 3.05) is 0 Å². The molecular formula is C20H18N6O3. The zero-order valence-corrected chi connectivity index (χ0v) is 15.9. The minimum atomic E-state index is -0.602. The summed E-state index contributed by atoms with van der Waals surface area (Å²) < 4.78 is 3.17. The zero-order valence-electron chi connectivity index (χ0n) is 15.9. The minimum absolute atomic E-state index is 0.000399. The molecule has 146 valence electrons. The number of fused-ring (bicyclic) bond motifs is 1. The molecule has 0 saturated carbocycles. The van der Waals surface area contributed by atoms with Gasteiger partial charge in [-0.15, -0.1) is 0 Å². The van der Waals surface area contributed by atoms with Gasteiger partial charge in [0.15, 0.2) is 5.78 Å². The molecule has 0 aliphatic rings. The number of carbonyl (C=O) groups excluding carboxylic acids is 1. The molecule has 3 heterocycles. The highest BCUT2D eigenvalue weighted by Crippen LogP contribution is 2.20. The number of benzene rings is 1. The largest absolute Gasteiger partial charge is 0.390 e. The Morgan fingerprint density at radius 2 is 1.93 bits per heavy atom. The van der Waals surface area contributed by atoms with E-state index in [4.69, 9.17) is 0 Å². The number of hydrogen-bond donors (Lipinski definition) is 0. The fourth-order valence-corrected chi connectivity index (χ4v) is 3.08. The van der Waals surface area contributed by atoms with Crippen molar-refractivity contribution >= 4 is 17.4 Å². The van der Waals surface area contributed by atoms with Gasteiger partial charge in [-0.05, 0) is 24.8 Å². The van der Waals surface area contributed by atoms with Crippen molar-refractivity contribution in [2.45, 2.75) is 26.3 Å². The predicted octanol–water partition coefficient (Wildman–Crippen LogP) is 3.51.